The molecule has 1 nitrogen and oxygen atoms in total. The molecular weight excluding hydrogens is 208 g/mol. The van der Waals surface area contributed by atoms with Gasteiger partial charge < -0.3 is 0 Å². The van der Waals surface area contributed by atoms with Crippen molar-refractivity contribution in [2.45, 2.75) is 5.38 Å². The van der Waals surface area contributed by atoms with Crippen LogP contribution in [0.2, 0.25) is 0 Å². The number of nitriles is 1. The highest BCUT2D eigenvalue weighted by Crippen LogP contribution is 2.34. The van der Waals surface area contributed by atoms with Crippen LogP contribution in [0.25, 0.3) is 5.57 Å². The van der Waals surface area contributed by atoms with Gasteiger partial charge in [0.05, 0.1) is 11.6 Å². The second-order valence-corrected chi connectivity index (χ2v) is 3.14. The van der Waals surface area contributed by atoms with Gasteiger partial charge in [-0.15, -0.1) is 0 Å². The van der Waals surface area contributed by atoms with Crippen LogP contribution < -0.4 is 0 Å². The summed E-state index contributed by atoms with van der Waals surface area (Å²) in [5, 5.41) is 5.03. The number of rotatable bonds is 2. The molecular formula is C10H6ClF2N. The Morgan fingerprint density at radius 1 is 1.36 bits per heavy atom. The standard InChI is InChI=1S/C10H6ClF2N/c1-7(10(11,12)13)9-4-2-8(6-14)3-5-9/h2-5H,1H2. The van der Waals surface area contributed by atoms with Gasteiger partial charge in [0.2, 0.25) is 0 Å². The lowest BCUT2D eigenvalue weighted by Crippen LogP contribution is -2.07. The molecule has 0 aliphatic rings. The van der Waals surface area contributed by atoms with E-state index in [1.165, 1.54) is 24.3 Å². The summed E-state index contributed by atoms with van der Waals surface area (Å²) in [6.07, 6.45) is 0. The van der Waals surface area contributed by atoms with Crippen molar-refractivity contribution >= 4 is 17.2 Å². The monoisotopic (exact) mass is 213 g/mol. The summed E-state index contributed by atoms with van der Waals surface area (Å²) >= 11 is 4.79. The molecule has 0 unspecified atom stereocenters. The fourth-order valence-electron chi connectivity index (χ4n) is 0.910. The van der Waals surface area contributed by atoms with Gasteiger partial charge in [0, 0.05) is 5.57 Å². The number of nitrogens with zero attached hydrogens (tertiary/aromatic N) is 1. The van der Waals surface area contributed by atoms with Crippen molar-refractivity contribution < 1.29 is 8.78 Å². The number of allylic oxidation sites excluding steroid dienone is 1. The summed E-state index contributed by atoms with van der Waals surface area (Å²) < 4.78 is 25.2. The van der Waals surface area contributed by atoms with Gasteiger partial charge in [-0.1, -0.05) is 18.7 Å². The second-order valence-electron chi connectivity index (χ2n) is 2.67. The molecule has 0 bridgehead atoms. The first-order valence-electron chi connectivity index (χ1n) is 3.72. The normalized spacial score (nSPS) is 10.7. The van der Waals surface area contributed by atoms with E-state index in [9.17, 15) is 8.78 Å². The van der Waals surface area contributed by atoms with Crippen molar-refractivity contribution in [3.8, 4) is 6.07 Å². The average molecular weight is 214 g/mol. The molecule has 1 rings (SSSR count). The quantitative estimate of drug-likeness (QED) is 0.691. The van der Waals surface area contributed by atoms with Gasteiger partial charge >= 0.3 is 5.38 Å². The Bertz CT molecular complexity index is 384. The Kier molecular flexibility index (Phi) is 2.87. The van der Waals surface area contributed by atoms with Crippen LogP contribution in [0.4, 0.5) is 8.78 Å². The molecule has 72 valence electrons. The lowest BCUT2D eigenvalue weighted by molar-refractivity contribution is 0.165. The highest BCUT2D eigenvalue weighted by atomic mass is 35.5. The second kappa shape index (κ2) is 3.77. The molecule has 1 aromatic carbocycles. The predicted molar refractivity (Wildman–Crippen MR) is 51.0 cm³/mol. The average Bonchev–Trinajstić information content (AvgIpc) is 2.15. The molecule has 0 saturated heterocycles. The Morgan fingerprint density at radius 3 is 2.21 bits per heavy atom. The molecule has 0 atom stereocenters. The number of benzene rings is 1. The SMILES string of the molecule is C=C(c1ccc(C#N)cc1)C(F)(F)Cl. The first-order chi connectivity index (χ1) is 6.45. The van der Waals surface area contributed by atoms with Gasteiger partial charge in [0.25, 0.3) is 0 Å². The van der Waals surface area contributed by atoms with E-state index in [0.29, 0.717) is 5.56 Å². The van der Waals surface area contributed by atoms with Crippen LogP contribution in [0.1, 0.15) is 11.1 Å². The third-order valence-corrected chi connectivity index (χ3v) is 1.93. The number of hydrogen-bond acceptors (Lipinski definition) is 1. The van der Waals surface area contributed by atoms with Gasteiger partial charge in [-0.25, -0.2) is 0 Å². The zero-order valence-electron chi connectivity index (χ0n) is 7.10. The van der Waals surface area contributed by atoms with E-state index in [1.807, 2.05) is 6.07 Å². The van der Waals surface area contributed by atoms with Crippen LogP contribution in [0.5, 0.6) is 0 Å². The van der Waals surface area contributed by atoms with Crippen LogP contribution in [0.3, 0.4) is 0 Å². The molecule has 0 fully saturated rings. The molecule has 1 aromatic rings. The van der Waals surface area contributed by atoms with Crippen molar-refractivity contribution in [1.82, 2.24) is 0 Å². The summed E-state index contributed by atoms with van der Waals surface area (Å²) in [6.45, 7) is 3.19. The van der Waals surface area contributed by atoms with Gasteiger partial charge in [-0.2, -0.15) is 14.0 Å². The molecule has 0 amide bonds. The molecule has 0 radical (unpaired) electrons. The lowest BCUT2D eigenvalue weighted by Gasteiger charge is -2.11. The Morgan fingerprint density at radius 2 is 1.86 bits per heavy atom. The van der Waals surface area contributed by atoms with Crippen molar-refractivity contribution in [3.63, 3.8) is 0 Å². The molecule has 4 heteroatoms. The molecule has 0 N–H and O–H groups in total. The molecule has 0 spiro atoms. The van der Waals surface area contributed by atoms with Crippen molar-refractivity contribution in [1.29, 1.82) is 5.26 Å². The Labute approximate surface area is 85.2 Å². The topological polar surface area (TPSA) is 23.8 Å². The minimum Gasteiger partial charge on any atom is -0.192 e. The lowest BCUT2D eigenvalue weighted by atomic mass is 10.1. The molecule has 0 heterocycles. The van der Waals surface area contributed by atoms with Crippen LogP contribution in [-0.2, 0) is 0 Å². The third kappa shape index (κ3) is 2.30. The third-order valence-electron chi connectivity index (χ3n) is 1.70. The predicted octanol–water partition coefficient (Wildman–Crippen LogP) is 3.40. The molecule has 14 heavy (non-hydrogen) atoms. The van der Waals surface area contributed by atoms with Crippen molar-refractivity contribution in [2.75, 3.05) is 0 Å². The van der Waals surface area contributed by atoms with E-state index in [4.69, 9.17) is 16.9 Å². The van der Waals surface area contributed by atoms with E-state index in [1.54, 1.807) is 0 Å². The minimum atomic E-state index is -3.45. The van der Waals surface area contributed by atoms with Crippen LogP contribution in [0, 0.1) is 11.3 Å². The van der Waals surface area contributed by atoms with Crippen LogP contribution in [-0.4, -0.2) is 5.38 Å². The van der Waals surface area contributed by atoms with Gasteiger partial charge in [0.15, 0.2) is 0 Å². The zero-order chi connectivity index (χ0) is 10.8. The summed E-state index contributed by atoms with van der Waals surface area (Å²) in [5.41, 5.74) is 0.159. The van der Waals surface area contributed by atoms with Crippen LogP contribution >= 0.6 is 11.6 Å². The van der Waals surface area contributed by atoms with Crippen molar-refractivity contribution in [3.05, 3.63) is 42.0 Å². The van der Waals surface area contributed by atoms with Crippen molar-refractivity contribution in [2.24, 2.45) is 0 Å². The molecule has 0 aromatic heterocycles. The van der Waals surface area contributed by atoms with E-state index in [0.717, 1.165) is 0 Å². The van der Waals surface area contributed by atoms with Gasteiger partial charge in [-0.05, 0) is 29.3 Å². The maximum Gasteiger partial charge on any atom is 0.348 e. The Balaban J connectivity index is 3.00. The van der Waals surface area contributed by atoms with Crippen LogP contribution in [0.15, 0.2) is 30.8 Å². The fourth-order valence-corrected chi connectivity index (χ4v) is 1.02. The zero-order valence-corrected chi connectivity index (χ0v) is 7.85. The maximum absolute atomic E-state index is 12.6. The number of hydrogen-bond donors (Lipinski definition) is 0. The summed E-state index contributed by atoms with van der Waals surface area (Å²) in [7, 11) is 0. The highest BCUT2D eigenvalue weighted by Gasteiger charge is 2.29. The van der Waals surface area contributed by atoms with E-state index >= 15 is 0 Å². The van der Waals surface area contributed by atoms with Gasteiger partial charge in [0.1, 0.15) is 0 Å². The fraction of sp³-hybridized carbons (Fsp3) is 0.100. The molecule has 0 saturated carbocycles. The smallest absolute Gasteiger partial charge is 0.192 e. The number of alkyl halides is 3. The minimum absolute atomic E-state index is 0.226. The van der Waals surface area contributed by atoms with E-state index < -0.39 is 11.0 Å². The number of halogens is 3. The summed E-state index contributed by atoms with van der Waals surface area (Å²) in [4.78, 5) is 0. The Hall–Kier alpha value is -1.40. The first kappa shape index (κ1) is 10.7. The largest absolute Gasteiger partial charge is 0.348 e. The molecule has 0 aliphatic carbocycles. The highest BCUT2D eigenvalue weighted by molar-refractivity contribution is 6.27. The summed E-state index contributed by atoms with van der Waals surface area (Å²) in [6, 6.07) is 7.52. The summed E-state index contributed by atoms with van der Waals surface area (Å²) in [5.74, 6) is 0. The van der Waals surface area contributed by atoms with Gasteiger partial charge in [-0.3, -0.25) is 0 Å². The first-order valence-corrected chi connectivity index (χ1v) is 4.09. The maximum atomic E-state index is 12.6. The molecule has 0 aliphatic heterocycles. The van der Waals surface area contributed by atoms with E-state index in [2.05, 4.69) is 6.58 Å². The van der Waals surface area contributed by atoms with E-state index in [-0.39, 0.29) is 5.56 Å².